The van der Waals surface area contributed by atoms with E-state index in [-0.39, 0.29) is 6.10 Å². The molecule has 18 heavy (non-hydrogen) atoms. The lowest BCUT2D eigenvalue weighted by Gasteiger charge is -2.09. The topological polar surface area (TPSA) is 55.7 Å². The summed E-state index contributed by atoms with van der Waals surface area (Å²) in [5.74, 6) is 0.792. The molecule has 0 aliphatic heterocycles. The van der Waals surface area contributed by atoms with Gasteiger partial charge in [0, 0.05) is 18.0 Å². The number of nitrogens with zero attached hydrogens (tertiary/aromatic N) is 3. The van der Waals surface area contributed by atoms with Crippen molar-refractivity contribution in [3.05, 3.63) is 29.3 Å². The molecule has 0 bridgehead atoms. The third-order valence-corrected chi connectivity index (χ3v) is 2.76. The highest BCUT2D eigenvalue weighted by Crippen LogP contribution is 2.15. The number of pyridine rings is 1. The molecule has 2 aromatic rings. The van der Waals surface area contributed by atoms with Crippen molar-refractivity contribution in [3.63, 3.8) is 0 Å². The molecule has 0 aliphatic carbocycles. The molecular formula is C12H16N4OS. The average molecular weight is 264 g/mol. The molecule has 0 atom stereocenters. The van der Waals surface area contributed by atoms with E-state index < -0.39 is 0 Å². The average Bonchev–Trinajstić information content (AvgIpc) is 2.72. The Labute approximate surface area is 111 Å². The van der Waals surface area contributed by atoms with Gasteiger partial charge in [0.25, 0.3) is 0 Å². The summed E-state index contributed by atoms with van der Waals surface area (Å²) < 4.78 is 8.06. The molecule has 0 amide bonds. The van der Waals surface area contributed by atoms with Crippen LogP contribution in [0.25, 0.3) is 11.4 Å². The second-order valence-electron chi connectivity index (χ2n) is 4.17. The maximum Gasteiger partial charge on any atom is 0.195 e. The molecule has 0 aliphatic rings. The van der Waals surface area contributed by atoms with Gasteiger partial charge in [-0.05, 0) is 38.2 Å². The number of nitrogens with one attached hydrogen (secondary N) is 1. The van der Waals surface area contributed by atoms with Crippen molar-refractivity contribution in [1.82, 2.24) is 19.7 Å². The lowest BCUT2D eigenvalue weighted by atomic mass is 10.3. The zero-order valence-corrected chi connectivity index (χ0v) is 11.3. The van der Waals surface area contributed by atoms with Gasteiger partial charge in [-0.2, -0.15) is 5.10 Å². The van der Waals surface area contributed by atoms with Crippen molar-refractivity contribution >= 4 is 12.2 Å². The summed E-state index contributed by atoms with van der Waals surface area (Å²) in [4.78, 5) is 4.09. The molecule has 1 N–H and O–H groups in total. The van der Waals surface area contributed by atoms with E-state index >= 15 is 0 Å². The van der Waals surface area contributed by atoms with Crippen molar-refractivity contribution in [3.8, 4) is 11.4 Å². The Balaban J connectivity index is 2.20. The summed E-state index contributed by atoms with van der Waals surface area (Å²) in [5, 5.41) is 7.04. The van der Waals surface area contributed by atoms with Gasteiger partial charge in [0.2, 0.25) is 0 Å². The second kappa shape index (κ2) is 5.88. The molecule has 0 radical (unpaired) electrons. The number of rotatable bonds is 5. The Morgan fingerprint density at radius 3 is 3.00 bits per heavy atom. The molecule has 0 saturated carbocycles. The maximum atomic E-state index is 5.54. The van der Waals surface area contributed by atoms with Crippen LogP contribution >= 0.6 is 12.2 Å². The van der Waals surface area contributed by atoms with E-state index in [0.29, 0.717) is 17.9 Å². The molecular weight excluding hydrogens is 248 g/mol. The Bertz CT molecular complexity index is 547. The van der Waals surface area contributed by atoms with Gasteiger partial charge in [-0.3, -0.25) is 14.6 Å². The molecule has 0 aromatic carbocycles. The minimum absolute atomic E-state index is 0.216. The second-order valence-corrected chi connectivity index (χ2v) is 4.55. The van der Waals surface area contributed by atoms with Crippen LogP contribution in [0.5, 0.6) is 0 Å². The fourth-order valence-electron chi connectivity index (χ4n) is 1.62. The zero-order valence-electron chi connectivity index (χ0n) is 10.5. The van der Waals surface area contributed by atoms with Crippen LogP contribution in [0.4, 0.5) is 0 Å². The van der Waals surface area contributed by atoms with Crippen molar-refractivity contribution in [2.24, 2.45) is 0 Å². The molecule has 0 saturated heterocycles. The Kier molecular flexibility index (Phi) is 4.22. The zero-order chi connectivity index (χ0) is 13.0. The lowest BCUT2D eigenvalue weighted by Crippen LogP contribution is -2.11. The molecule has 2 aromatic heterocycles. The van der Waals surface area contributed by atoms with E-state index in [2.05, 4.69) is 15.2 Å². The summed E-state index contributed by atoms with van der Waals surface area (Å²) in [6, 6.07) is 3.83. The largest absolute Gasteiger partial charge is 0.377 e. The predicted octanol–water partition coefficient (Wildman–Crippen LogP) is 2.43. The first-order chi connectivity index (χ1) is 8.68. The monoisotopic (exact) mass is 264 g/mol. The molecule has 0 fully saturated rings. The number of aromatic amines is 1. The number of H-pyrrole nitrogens is 1. The van der Waals surface area contributed by atoms with Gasteiger partial charge in [-0.1, -0.05) is 0 Å². The minimum Gasteiger partial charge on any atom is -0.377 e. The van der Waals surface area contributed by atoms with E-state index in [1.54, 1.807) is 12.4 Å². The van der Waals surface area contributed by atoms with Gasteiger partial charge in [0.15, 0.2) is 10.6 Å². The van der Waals surface area contributed by atoms with E-state index in [4.69, 9.17) is 17.0 Å². The van der Waals surface area contributed by atoms with Gasteiger partial charge >= 0.3 is 0 Å². The van der Waals surface area contributed by atoms with E-state index in [1.165, 1.54) is 0 Å². The first kappa shape index (κ1) is 12.9. The minimum atomic E-state index is 0.216. The standard InChI is InChI=1S/C12H16N4OS/c1-9(2)17-7-6-16-11(14-15-12(16)18)10-4-3-5-13-8-10/h3-5,8-9H,6-7H2,1-2H3,(H,15,18). The van der Waals surface area contributed by atoms with Crippen molar-refractivity contribution in [2.75, 3.05) is 6.61 Å². The molecule has 2 heterocycles. The normalized spacial score (nSPS) is 11.1. The van der Waals surface area contributed by atoms with Crippen LogP contribution in [0.1, 0.15) is 13.8 Å². The van der Waals surface area contributed by atoms with E-state index in [9.17, 15) is 0 Å². The highest BCUT2D eigenvalue weighted by atomic mass is 32.1. The van der Waals surface area contributed by atoms with Crippen molar-refractivity contribution in [1.29, 1.82) is 0 Å². The van der Waals surface area contributed by atoms with Crippen LogP contribution in [0.2, 0.25) is 0 Å². The van der Waals surface area contributed by atoms with Gasteiger partial charge in [-0.25, -0.2) is 0 Å². The van der Waals surface area contributed by atoms with Crippen molar-refractivity contribution in [2.45, 2.75) is 26.5 Å². The molecule has 5 nitrogen and oxygen atoms in total. The van der Waals surface area contributed by atoms with Gasteiger partial charge in [0.05, 0.1) is 19.3 Å². The highest BCUT2D eigenvalue weighted by Gasteiger charge is 2.08. The Morgan fingerprint density at radius 2 is 2.33 bits per heavy atom. The van der Waals surface area contributed by atoms with Gasteiger partial charge < -0.3 is 4.74 Å². The highest BCUT2D eigenvalue weighted by molar-refractivity contribution is 7.71. The van der Waals surface area contributed by atoms with Crippen LogP contribution < -0.4 is 0 Å². The quantitative estimate of drug-likeness (QED) is 0.843. The third kappa shape index (κ3) is 3.02. The summed E-state index contributed by atoms with van der Waals surface area (Å²) in [6.07, 6.45) is 3.72. The Morgan fingerprint density at radius 1 is 1.50 bits per heavy atom. The fourth-order valence-corrected chi connectivity index (χ4v) is 1.84. The van der Waals surface area contributed by atoms with Crippen LogP contribution in [-0.4, -0.2) is 32.5 Å². The van der Waals surface area contributed by atoms with Crippen LogP contribution in [0, 0.1) is 4.77 Å². The molecule has 6 heteroatoms. The molecule has 96 valence electrons. The van der Waals surface area contributed by atoms with E-state index in [1.807, 2.05) is 30.5 Å². The summed E-state index contributed by atoms with van der Waals surface area (Å²) in [5.41, 5.74) is 0.939. The fraction of sp³-hybridized carbons (Fsp3) is 0.417. The predicted molar refractivity (Wildman–Crippen MR) is 71.7 cm³/mol. The summed E-state index contributed by atoms with van der Waals surface area (Å²) in [7, 11) is 0. The maximum absolute atomic E-state index is 5.54. The first-order valence-electron chi connectivity index (χ1n) is 5.85. The molecule has 0 unspecified atom stereocenters. The number of ether oxygens (including phenoxy) is 1. The lowest BCUT2D eigenvalue weighted by molar-refractivity contribution is 0.0727. The van der Waals surface area contributed by atoms with Crippen LogP contribution in [0.15, 0.2) is 24.5 Å². The number of hydrogen-bond acceptors (Lipinski definition) is 4. The molecule has 0 spiro atoms. The van der Waals surface area contributed by atoms with E-state index in [0.717, 1.165) is 11.4 Å². The van der Waals surface area contributed by atoms with Gasteiger partial charge in [0.1, 0.15) is 0 Å². The van der Waals surface area contributed by atoms with Crippen LogP contribution in [0.3, 0.4) is 0 Å². The van der Waals surface area contributed by atoms with Crippen molar-refractivity contribution < 1.29 is 4.74 Å². The smallest absolute Gasteiger partial charge is 0.195 e. The Hall–Kier alpha value is -1.53. The number of hydrogen-bond donors (Lipinski definition) is 1. The number of aromatic nitrogens is 4. The van der Waals surface area contributed by atoms with Crippen LogP contribution in [-0.2, 0) is 11.3 Å². The first-order valence-corrected chi connectivity index (χ1v) is 6.26. The third-order valence-electron chi connectivity index (χ3n) is 2.44. The summed E-state index contributed by atoms with van der Waals surface area (Å²) in [6.45, 7) is 5.31. The molecule has 2 rings (SSSR count). The summed E-state index contributed by atoms with van der Waals surface area (Å²) >= 11 is 5.22. The SMILES string of the molecule is CC(C)OCCn1c(-c2cccnc2)n[nH]c1=S. The van der Waals surface area contributed by atoms with Gasteiger partial charge in [-0.15, -0.1) is 0 Å².